The second-order valence-corrected chi connectivity index (χ2v) is 6.50. The second-order valence-electron chi connectivity index (χ2n) is 6.50. The number of aliphatic imine (C=N–C) groups is 1. The fourth-order valence-electron chi connectivity index (χ4n) is 3.12. The van der Waals surface area contributed by atoms with E-state index in [0.29, 0.717) is 11.8 Å². The van der Waals surface area contributed by atoms with Gasteiger partial charge in [0.05, 0.1) is 6.61 Å². The van der Waals surface area contributed by atoms with E-state index < -0.39 is 0 Å². The van der Waals surface area contributed by atoms with Crippen LogP contribution < -0.4 is 5.32 Å². The van der Waals surface area contributed by atoms with E-state index in [4.69, 9.17) is 4.74 Å². The zero-order valence-corrected chi connectivity index (χ0v) is 17.7. The number of nitrogens with zero attached hydrogens (tertiary/aromatic N) is 2. The molecule has 1 heterocycles. The van der Waals surface area contributed by atoms with Gasteiger partial charge in [-0.25, -0.2) is 0 Å². The van der Waals surface area contributed by atoms with E-state index in [1.54, 1.807) is 0 Å². The van der Waals surface area contributed by atoms with Crippen LogP contribution in [0.5, 0.6) is 0 Å². The van der Waals surface area contributed by atoms with E-state index >= 15 is 0 Å². The van der Waals surface area contributed by atoms with Crippen LogP contribution in [0.2, 0.25) is 0 Å². The molecule has 1 aromatic carbocycles. The Kier molecular flexibility index (Phi) is 9.66. The lowest BCUT2D eigenvalue weighted by atomic mass is 9.99. The summed E-state index contributed by atoms with van der Waals surface area (Å²) in [5.41, 5.74) is 2.70. The molecule has 1 fully saturated rings. The third-order valence-corrected chi connectivity index (χ3v) is 4.53. The molecule has 4 nitrogen and oxygen atoms in total. The van der Waals surface area contributed by atoms with Crippen molar-refractivity contribution in [2.75, 3.05) is 39.9 Å². The molecule has 1 N–H and O–H groups in total. The summed E-state index contributed by atoms with van der Waals surface area (Å²) in [7, 11) is 1.87. The van der Waals surface area contributed by atoms with Crippen molar-refractivity contribution in [3.8, 4) is 0 Å². The first-order valence-corrected chi connectivity index (χ1v) is 8.74. The predicted octanol–water partition coefficient (Wildman–Crippen LogP) is 3.65. The molecule has 0 bridgehead atoms. The first kappa shape index (κ1) is 21.2. The maximum atomic E-state index is 5.56. The summed E-state index contributed by atoms with van der Waals surface area (Å²) in [5.74, 6) is 2.11. The standard InChI is InChI=1S/C19H31N3O.HI/c1-5-23-14-17-9-10-22(13-17)19(20-4)21-12-16(3)18-8-6-7-15(2)11-18;/h6-8,11,16-17H,5,9-10,12-14H2,1-4H3,(H,20,21);1H. The fraction of sp³-hybridized carbons (Fsp3) is 0.632. The number of aryl methyl sites for hydroxylation is 1. The smallest absolute Gasteiger partial charge is 0.193 e. The summed E-state index contributed by atoms with van der Waals surface area (Å²) < 4.78 is 5.56. The lowest BCUT2D eigenvalue weighted by molar-refractivity contribution is 0.114. The lowest BCUT2D eigenvalue weighted by Gasteiger charge is -2.23. The highest BCUT2D eigenvalue weighted by Crippen LogP contribution is 2.18. The van der Waals surface area contributed by atoms with Crippen molar-refractivity contribution in [2.24, 2.45) is 10.9 Å². The first-order chi connectivity index (χ1) is 11.1. The van der Waals surface area contributed by atoms with Crippen LogP contribution >= 0.6 is 24.0 Å². The number of hydrogen-bond acceptors (Lipinski definition) is 2. The van der Waals surface area contributed by atoms with Gasteiger partial charge in [-0.2, -0.15) is 0 Å². The molecule has 1 saturated heterocycles. The van der Waals surface area contributed by atoms with Crippen LogP contribution in [-0.2, 0) is 4.74 Å². The minimum atomic E-state index is 0. The summed E-state index contributed by atoms with van der Waals surface area (Å²) in [4.78, 5) is 6.81. The van der Waals surface area contributed by atoms with Gasteiger partial charge >= 0.3 is 0 Å². The zero-order chi connectivity index (χ0) is 16.7. The maximum Gasteiger partial charge on any atom is 0.193 e. The molecular formula is C19H32IN3O. The molecular weight excluding hydrogens is 413 g/mol. The Bertz CT molecular complexity index is 521. The minimum Gasteiger partial charge on any atom is -0.381 e. The van der Waals surface area contributed by atoms with Crippen molar-refractivity contribution < 1.29 is 4.74 Å². The van der Waals surface area contributed by atoms with Crippen molar-refractivity contribution in [1.82, 2.24) is 10.2 Å². The lowest BCUT2D eigenvalue weighted by Crippen LogP contribution is -2.41. The number of likely N-dealkylation sites (tertiary alicyclic amines) is 1. The van der Waals surface area contributed by atoms with Gasteiger partial charge in [0.2, 0.25) is 0 Å². The largest absolute Gasteiger partial charge is 0.381 e. The van der Waals surface area contributed by atoms with Gasteiger partial charge in [0.25, 0.3) is 0 Å². The Balaban J connectivity index is 0.00000288. The molecule has 5 heteroatoms. The van der Waals surface area contributed by atoms with E-state index in [2.05, 4.69) is 60.2 Å². The van der Waals surface area contributed by atoms with E-state index in [9.17, 15) is 0 Å². The average molecular weight is 445 g/mol. The van der Waals surface area contributed by atoms with Gasteiger partial charge in [-0.15, -0.1) is 24.0 Å². The monoisotopic (exact) mass is 445 g/mol. The molecule has 0 saturated carbocycles. The zero-order valence-electron chi connectivity index (χ0n) is 15.4. The number of nitrogens with one attached hydrogen (secondary N) is 1. The Morgan fingerprint density at radius 3 is 2.92 bits per heavy atom. The highest BCUT2D eigenvalue weighted by molar-refractivity contribution is 14.0. The molecule has 1 aliphatic heterocycles. The van der Waals surface area contributed by atoms with Gasteiger partial charge in [-0.1, -0.05) is 36.8 Å². The van der Waals surface area contributed by atoms with E-state index in [-0.39, 0.29) is 24.0 Å². The SMILES string of the molecule is CCOCC1CCN(C(=NC)NCC(C)c2cccc(C)c2)C1.I. The Hall–Kier alpha value is -0.820. The van der Waals surface area contributed by atoms with Crippen LogP contribution in [0.4, 0.5) is 0 Å². The predicted molar refractivity (Wildman–Crippen MR) is 113 cm³/mol. The van der Waals surface area contributed by atoms with Gasteiger partial charge in [0.1, 0.15) is 0 Å². The van der Waals surface area contributed by atoms with E-state index in [1.807, 2.05) is 7.05 Å². The fourth-order valence-corrected chi connectivity index (χ4v) is 3.12. The molecule has 2 atom stereocenters. The Morgan fingerprint density at radius 2 is 2.25 bits per heavy atom. The van der Waals surface area contributed by atoms with Crippen molar-refractivity contribution >= 4 is 29.9 Å². The summed E-state index contributed by atoms with van der Waals surface area (Å²) in [6.45, 7) is 11.1. The third-order valence-electron chi connectivity index (χ3n) is 4.53. The number of rotatable bonds is 6. The average Bonchev–Trinajstić information content (AvgIpc) is 3.02. The van der Waals surface area contributed by atoms with Crippen molar-refractivity contribution in [3.05, 3.63) is 35.4 Å². The molecule has 0 amide bonds. The molecule has 0 spiro atoms. The molecule has 2 rings (SSSR count). The van der Waals surface area contributed by atoms with Crippen LogP contribution in [0.3, 0.4) is 0 Å². The Morgan fingerprint density at radius 1 is 1.46 bits per heavy atom. The molecule has 1 aliphatic rings. The summed E-state index contributed by atoms with van der Waals surface area (Å²) in [5, 5.41) is 3.54. The highest BCUT2D eigenvalue weighted by atomic mass is 127. The quantitative estimate of drug-likeness (QED) is 0.413. The number of benzene rings is 1. The van der Waals surface area contributed by atoms with E-state index in [0.717, 1.165) is 38.8 Å². The topological polar surface area (TPSA) is 36.9 Å². The number of guanidine groups is 1. The molecule has 0 aliphatic carbocycles. The van der Waals surface area contributed by atoms with Crippen LogP contribution in [0, 0.1) is 12.8 Å². The van der Waals surface area contributed by atoms with Crippen molar-refractivity contribution in [2.45, 2.75) is 33.1 Å². The molecule has 0 aromatic heterocycles. The molecule has 1 aromatic rings. The van der Waals surface area contributed by atoms with Gasteiger partial charge < -0.3 is 15.0 Å². The number of ether oxygens (including phenoxy) is 1. The molecule has 2 unspecified atom stereocenters. The van der Waals surface area contributed by atoms with Crippen molar-refractivity contribution in [1.29, 1.82) is 0 Å². The molecule has 24 heavy (non-hydrogen) atoms. The summed E-state index contributed by atoms with van der Waals surface area (Å²) in [6, 6.07) is 8.75. The van der Waals surface area contributed by atoms with Gasteiger partial charge in [0, 0.05) is 39.2 Å². The number of halogens is 1. The highest BCUT2D eigenvalue weighted by Gasteiger charge is 2.25. The third kappa shape index (κ3) is 6.24. The van der Waals surface area contributed by atoms with Crippen LogP contribution in [0.25, 0.3) is 0 Å². The maximum absolute atomic E-state index is 5.56. The van der Waals surface area contributed by atoms with Crippen LogP contribution in [0.15, 0.2) is 29.3 Å². The van der Waals surface area contributed by atoms with Gasteiger partial charge in [0.15, 0.2) is 5.96 Å². The first-order valence-electron chi connectivity index (χ1n) is 8.74. The molecule has 136 valence electrons. The van der Waals surface area contributed by atoms with Gasteiger partial charge in [-0.05, 0) is 31.7 Å². The van der Waals surface area contributed by atoms with Crippen LogP contribution in [0.1, 0.15) is 37.3 Å². The molecule has 0 radical (unpaired) electrons. The summed E-state index contributed by atoms with van der Waals surface area (Å²) >= 11 is 0. The Labute approximate surface area is 164 Å². The minimum absolute atomic E-state index is 0. The van der Waals surface area contributed by atoms with Crippen LogP contribution in [-0.4, -0.2) is 50.8 Å². The second kappa shape index (κ2) is 10.9. The normalized spacial score (nSPS) is 19.1. The van der Waals surface area contributed by atoms with Crippen molar-refractivity contribution in [3.63, 3.8) is 0 Å². The van der Waals surface area contributed by atoms with E-state index in [1.165, 1.54) is 17.5 Å². The number of hydrogen-bond donors (Lipinski definition) is 1. The summed E-state index contributed by atoms with van der Waals surface area (Å²) in [6.07, 6.45) is 1.19. The van der Waals surface area contributed by atoms with Gasteiger partial charge in [-0.3, -0.25) is 4.99 Å².